The average molecular weight is 337 g/mol. The van der Waals surface area contributed by atoms with Crippen molar-refractivity contribution in [3.63, 3.8) is 0 Å². The maximum Gasteiger partial charge on any atom is 0.172 e. The van der Waals surface area contributed by atoms with E-state index < -0.39 is 11.5 Å². The summed E-state index contributed by atoms with van der Waals surface area (Å²) < 4.78 is 0. The fraction of sp³-hybridized carbons (Fsp3) is 0.727. The van der Waals surface area contributed by atoms with Gasteiger partial charge in [-0.2, -0.15) is 5.26 Å². The maximum atomic E-state index is 12.2. The quantitative estimate of drug-likeness (QED) is 0.687. The third kappa shape index (κ3) is 2.00. The van der Waals surface area contributed by atoms with Crippen molar-refractivity contribution >= 4 is 5.78 Å². The Hall–Kier alpha value is -1.58. The van der Waals surface area contributed by atoms with Crippen LogP contribution in [0.4, 0.5) is 0 Å². The number of rotatable bonds is 0. The molecule has 0 heterocycles. The van der Waals surface area contributed by atoms with Crippen molar-refractivity contribution in [1.29, 1.82) is 5.26 Å². The van der Waals surface area contributed by atoms with Gasteiger partial charge in [0.15, 0.2) is 5.78 Å². The number of hydrogen-bond acceptors (Lipinski definition) is 3. The van der Waals surface area contributed by atoms with Gasteiger partial charge >= 0.3 is 0 Å². The monoisotopic (exact) mass is 337 g/mol. The van der Waals surface area contributed by atoms with Crippen LogP contribution in [-0.2, 0) is 4.79 Å². The molecule has 4 aliphatic carbocycles. The number of allylic oxidation sites excluding steroid dienone is 1. The van der Waals surface area contributed by atoms with Crippen LogP contribution in [0.15, 0.2) is 11.6 Å². The van der Waals surface area contributed by atoms with Crippen molar-refractivity contribution in [1.82, 2.24) is 0 Å². The maximum absolute atomic E-state index is 12.2. The summed E-state index contributed by atoms with van der Waals surface area (Å²) in [5.41, 5.74) is 0.0471. The van der Waals surface area contributed by atoms with Gasteiger partial charge in [0, 0.05) is 5.41 Å². The fourth-order valence-corrected chi connectivity index (χ4v) is 7.01. The molecule has 3 heteroatoms. The Morgan fingerprint density at radius 3 is 2.64 bits per heavy atom. The van der Waals surface area contributed by atoms with Gasteiger partial charge in [-0.15, -0.1) is 6.42 Å². The highest BCUT2D eigenvalue weighted by molar-refractivity contribution is 5.95. The molecule has 1 N–H and O–H groups in total. The Morgan fingerprint density at radius 2 is 1.96 bits per heavy atom. The van der Waals surface area contributed by atoms with Gasteiger partial charge in [0.2, 0.25) is 0 Å². The van der Waals surface area contributed by atoms with E-state index in [2.05, 4.69) is 25.8 Å². The van der Waals surface area contributed by atoms with E-state index >= 15 is 0 Å². The summed E-state index contributed by atoms with van der Waals surface area (Å²) in [5.74, 6) is 3.70. The highest BCUT2D eigenvalue weighted by Crippen LogP contribution is 2.67. The van der Waals surface area contributed by atoms with E-state index in [1.54, 1.807) is 6.08 Å². The first-order chi connectivity index (χ1) is 11.8. The number of nitrogens with zero attached hydrogens (tertiary/aromatic N) is 1. The van der Waals surface area contributed by atoms with E-state index in [1.807, 2.05) is 0 Å². The van der Waals surface area contributed by atoms with E-state index in [1.165, 1.54) is 5.57 Å². The summed E-state index contributed by atoms with van der Waals surface area (Å²) >= 11 is 0. The summed E-state index contributed by atoms with van der Waals surface area (Å²) in [4.78, 5) is 12.2. The largest absolute Gasteiger partial charge is 0.377 e. The van der Waals surface area contributed by atoms with Crippen LogP contribution in [0.1, 0.15) is 58.8 Å². The second-order valence-electron chi connectivity index (χ2n) is 9.29. The predicted molar refractivity (Wildman–Crippen MR) is 95.0 cm³/mol. The molecule has 25 heavy (non-hydrogen) atoms. The van der Waals surface area contributed by atoms with Crippen LogP contribution in [0.3, 0.4) is 0 Å². The molecule has 0 aliphatic heterocycles. The lowest BCUT2D eigenvalue weighted by Crippen LogP contribution is -2.54. The molecule has 0 saturated heterocycles. The van der Waals surface area contributed by atoms with Gasteiger partial charge < -0.3 is 5.11 Å². The number of nitriles is 1. The van der Waals surface area contributed by atoms with E-state index in [9.17, 15) is 15.2 Å². The molecule has 4 unspecified atom stereocenters. The minimum absolute atomic E-state index is 0.00311. The normalized spacial score (nSPS) is 51.4. The van der Waals surface area contributed by atoms with Crippen molar-refractivity contribution in [2.75, 3.05) is 0 Å². The molecule has 3 nitrogen and oxygen atoms in total. The molecular formula is C22H27NO2. The number of carbonyl (C=O) groups is 1. The van der Waals surface area contributed by atoms with Gasteiger partial charge in [0.05, 0.1) is 6.07 Å². The average Bonchev–Trinajstić information content (AvgIpc) is 2.87. The Kier molecular flexibility index (Phi) is 3.52. The molecule has 3 saturated carbocycles. The molecule has 0 radical (unpaired) electrons. The molecule has 3 fully saturated rings. The second kappa shape index (κ2) is 5.21. The van der Waals surface area contributed by atoms with Crippen LogP contribution in [0, 0.1) is 58.2 Å². The lowest BCUT2D eigenvalue weighted by Gasteiger charge is -2.58. The highest BCUT2D eigenvalue weighted by Gasteiger charge is 2.63. The molecular weight excluding hydrogens is 310 g/mol. The summed E-state index contributed by atoms with van der Waals surface area (Å²) in [6.07, 6.45) is 13.9. The Bertz CT molecular complexity index is 740. The van der Waals surface area contributed by atoms with Crippen LogP contribution in [0.5, 0.6) is 0 Å². The van der Waals surface area contributed by atoms with Gasteiger partial charge in [0.25, 0.3) is 0 Å². The van der Waals surface area contributed by atoms with Crippen molar-refractivity contribution < 1.29 is 9.90 Å². The number of aliphatic hydroxyl groups is 1. The molecule has 0 aromatic carbocycles. The van der Waals surface area contributed by atoms with E-state index in [0.29, 0.717) is 30.6 Å². The summed E-state index contributed by atoms with van der Waals surface area (Å²) in [5, 5.41) is 20.4. The molecule has 0 spiro atoms. The Morgan fingerprint density at radius 1 is 1.24 bits per heavy atom. The minimum Gasteiger partial charge on any atom is -0.377 e. The van der Waals surface area contributed by atoms with Crippen LogP contribution in [0.2, 0.25) is 0 Å². The first-order valence-electron chi connectivity index (χ1n) is 9.64. The van der Waals surface area contributed by atoms with Gasteiger partial charge in [-0.1, -0.05) is 25.3 Å². The third-order valence-corrected chi connectivity index (χ3v) is 8.57. The Labute approximate surface area is 150 Å². The standard InChI is InChI=1S/C22H27NO2/c1-4-22(25)10-8-18-16-6-5-15-11-19(24)14(13-23)12-20(15,2)17(16)7-9-21(18,22)3/h1,11,14,16-18,25H,5-10,12H2,2-3H3/t14?,16?,17?,18?,20-,21-,22-/m0/s1. The lowest BCUT2D eigenvalue weighted by atomic mass is 9.46. The Balaban J connectivity index is 1.71. The molecule has 0 amide bonds. The second-order valence-corrected chi connectivity index (χ2v) is 9.29. The van der Waals surface area contributed by atoms with E-state index in [0.717, 1.165) is 32.1 Å². The van der Waals surface area contributed by atoms with Crippen molar-refractivity contribution in [2.24, 2.45) is 34.5 Å². The van der Waals surface area contributed by atoms with Gasteiger partial charge in [-0.25, -0.2) is 0 Å². The van der Waals surface area contributed by atoms with Crippen LogP contribution in [-0.4, -0.2) is 16.5 Å². The molecule has 132 valence electrons. The van der Waals surface area contributed by atoms with Crippen LogP contribution >= 0.6 is 0 Å². The summed E-state index contributed by atoms with van der Waals surface area (Å²) in [7, 11) is 0. The van der Waals surface area contributed by atoms with E-state index in [-0.39, 0.29) is 16.6 Å². The lowest BCUT2D eigenvalue weighted by molar-refractivity contribution is -0.122. The third-order valence-electron chi connectivity index (χ3n) is 8.57. The van der Waals surface area contributed by atoms with Crippen molar-refractivity contribution in [3.05, 3.63) is 11.6 Å². The van der Waals surface area contributed by atoms with Crippen LogP contribution in [0.25, 0.3) is 0 Å². The molecule has 0 aromatic rings. The van der Waals surface area contributed by atoms with E-state index in [4.69, 9.17) is 6.42 Å². The van der Waals surface area contributed by atoms with Gasteiger partial charge in [0.1, 0.15) is 11.5 Å². The summed E-state index contributed by atoms with van der Waals surface area (Å²) in [6, 6.07) is 2.22. The zero-order valence-electron chi connectivity index (χ0n) is 15.2. The predicted octanol–water partition coefficient (Wildman–Crippen LogP) is 3.63. The SMILES string of the molecule is C#C[C@]1(O)CCC2C3CCC4=CC(=O)C(C#N)C[C@]4(C)C3CC[C@@]21C. The number of hydrogen-bond donors (Lipinski definition) is 1. The molecule has 4 rings (SSSR count). The highest BCUT2D eigenvalue weighted by atomic mass is 16.3. The minimum atomic E-state index is -0.975. The topological polar surface area (TPSA) is 61.1 Å². The first-order valence-corrected chi connectivity index (χ1v) is 9.64. The zero-order valence-corrected chi connectivity index (χ0v) is 15.2. The molecule has 7 atom stereocenters. The van der Waals surface area contributed by atoms with Gasteiger partial charge in [-0.05, 0) is 74.2 Å². The molecule has 4 aliphatic rings. The fourth-order valence-electron chi connectivity index (χ4n) is 7.01. The number of ketones is 1. The molecule has 0 aromatic heterocycles. The zero-order chi connectivity index (χ0) is 18.0. The number of terminal acetylenes is 1. The smallest absolute Gasteiger partial charge is 0.172 e. The van der Waals surface area contributed by atoms with Crippen molar-refractivity contribution in [3.8, 4) is 18.4 Å². The number of carbonyl (C=O) groups excluding carboxylic acids is 1. The molecule has 0 bridgehead atoms. The van der Waals surface area contributed by atoms with Gasteiger partial charge in [-0.3, -0.25) is 4.79 Å². The van der Waals surface area contributed by atoms with Crippen molar-refractivity contribution in [2.45, 2.75) is 64.4 Å². The van der Waals surface area contributed by atoms with Crippen LogP contribution < -0.4 is 0 Å². The number of fused-ring (bicyclic) bond motifs is 5. The first kappa shape index (κ1) is 16.9. The summed E-state index contributed by atoms with van der Waals surface area (Å²) in [6.45, 7) is 4.47.